The van der Waals surface area contributed by atoms with Gasteiger partial charge in [0.2, 0.25) is 5.91 Å². The Balaban J connectivity index is 1.85. The Morgan fingerprint density at radius 1 is 1.35 bits per heavy atom. The number of rotatable bonds is 4. The molecule has 2 rings (SSSR count). The number of aromatic nitrogens is 1. The second-order valence-corrected chi connectivity index (χ2v) is 6.39. The zero-order chi connectivity index (χ0) is 14.8. The summed E-state index contributed by atoms with van der Waals surface area (Å²) in [6.45, 7) is 8.54. The van der Waals surface area contributed by atoms with Crippen LogP contribution in [0.5, 0.6) is 0 Å². The van der Waals surface area contributed by atoms with Crippen LogP contribution in [0.15, 0.2) is 24.5 Å². The zero-order valence-corrected chi connectivity index (χ0v) is 12.6. The molecular formula is C15H23N3O2. The van der Waals surface area contributed by atoms with E-state index < -0.39 is 0 Å². The highest BCUT2D eigenvalue weighted by atomic mass is 16.5. The summed E-state index contributed by atoms with van der Waals surface area (Å²) < 4.78 is 6.00. The van der Waals surface area contributed by atoms with Crippen LogP contribution in [-0.2, 0) is 9.53 Å². The highest BCUT2D eigenvalue weighted by molar-refractivity contribution is 5.92. The van der Waals surface area contributed by atoms with Crippen LogP contribution in [0.1, 0.15) is 34.1 Å². The smallest absolute Gasteiger partial charge is 0.238 e. The summed E-state index contributed by atoms with van der Waals surface area (Å²) in [4.78, 5) is 15.8. The normalized spacial score (nSPS) is 23.5. The number of anilines is 1. The fraction of sp³-hybridized carbons (Fsp3) is 0.600. The molecule has 5 nitrogen and oxygen atoms in total. The van der Waals surface area contributed by atoms with Gasteiger partial charge in [0, 0.05) is 24.1 Å². The largest absolute Gasteiger partial charge is 0.368 e. The summed E-state index contributed by atoms with van der Waals surface area (Å²) >= 11 is 0. The predicted molar refractivity (Wildman–Crippen MR) is 78.5 cm³/mol. The molecule has 110 valence electrons. The Labute approximate surface area is 120 Å². The van der Waals surface area contributed by atoms with Gasteiger partial charge in [-0.25, -0.2) is 0 Å². The van der Waals surface area contributed by atoms with Crippen LogP contribution in [0.3, 0.4) is 0 Å². The van der Waals surface area contributed by atoms with Gasteiger partial charge in [-0.1, -0.05) is 0 Å². The molecule has 1 amide bonds. The SMILES string of the molecule is CC1(C)C[C@@H](NCC(=O)Nc2ccncc2)C(C)(C)O1. The van der Waals surface area contributed by atoms with Gasteiger partial charge in [-0.2, -0.15) is 0 Å². The van der Waals surface area contributed by atoms with Gasteiger partial charge in [-0.05, 0) is 46.2 Å². The molecule has 0 radical (unpaired) electrons. The van der Waals surface area contributed by atoms with E-state index in [1.807, 2.05) is 0 Å². The van der Waals surface area contributed by atoms with Crippen LogP contribution in [0.25, 0.3) is 0 Å². The second-order valence-electron chi connectivity index (χ2n) is 6.39. The van der Waals surface area contributed by atoms with E-state index in [1.54, 1.807) is 24.5 Å². The average Bonchev–Trinajstić information content (AvgIpc) is 2.55. The van der Waals surface area contributed by atoms with Gasteiger partial charge < -0.3 is 15.4 Å². The predicted octanol–water partition coefficient (Wildman–Crippen LogP) is 1.96. The van der Waals surface area contributed by atoms with Crippen molar-refractivity contribution in [3.63, 3.8) is 0 Å². The molecule has 0 bridgehead atoms. The molecule has 2 N–H and O–H groups in total. The van der Waals surface area contributed by atoms with Crippen LogP contribution >= 0.6 is 0 Å². The Kier molecular flexibility index (Phi) is 4.11. The third kappa shape index (κ3) is 3.77. The summed E-state index contributed by atoms with van der Waals surface area (Å²) in [5.74, 6) is -0.0586. The first-order valence-corrected chi connectivity index (χ1v) is 6.92. The molecule has 1 aliphatic rings. The molecule has 0 spiro atoms. The summed E-state index contributed by atoms with van der Waals surface area (Å²) in [5, 5.41) is 6.13. The minimum absolute atomic E-state index is 0.0586. The molecule has 1 aliphatic heterocycles. The van der Waals surface area contributed by atoms with Crippen LogP contribution in [-0.4, -0.2) is 34.7 Å². The maximum atomic E-state index is 11.9. The Hall–Kier alpha value is -1.46. The lowest BCUT2D eigenvalue weighted by Crippen LogP contribution is -2.46. The lowest BCUT2D eigenvalue weighted by Gasteiger charge is -2.27. The number of carbonyl (C=O) groups excluding carboxylic acids is 1. The van der Waals surface area contributed by atoms with Gasteiger partial charge in [0.15, 0.2) is 0 Å². The maximum Gasteiger partial charge on any atom is 0.238 e. The molecule has 2 heterocycles. The van der Waals surface area contributed by atoms with Gasteiger partial charge in [0.25, 0.3) is 0 Å². The van der Waals surface area contributed by atoms with Gasteiger partial charge >= 0.3 is 0 Å². The molecule has 1 saturated heterocycles. The Bertz CT molecular complexity index is 471. The van der Waals surface area contributed by atoms with Crippen molar-refractivity contribution in [1.82, 2.24) is 10.3 Å². The van der Waals surface area contributed by atoms with E-state index in [1.165, 1.54) is 0 Å². The number of pyridine rings is 1. The fourth-order valence-corrected chi connectivity index (χ4v) is 2.74. The molecule has 0 saturated carbocycles. The first kappa shape index (κ1) is 14.9. The lowest BCUT2D eigenvalue weighted by molar-refractivity contribution is -0.115. The highest BCUT2D eigenvalue weighted by Crippen LogP contribution is 2.37. The average molecular weight is 277 g/mol. The molecule has 0 aliphatic carbocycles. The molecule has 1 aromatic heterocycles. The molecule has 0 unspecified atom stereocenters. The number of nitrogens with zero attached hydrogens (tertiary/aromatic N) is 1. The zero-order valence-electron chi connectivity index (χ0n) is 12.6. The Morgan fingerprint density at radius 2 is 2.00 bits per heavy atom. The van der Waals surface area contributed by atoms with Crippen molar-refractivity contribution in [1.29, 1.82) is 0 Å². The van der Waals surface area contributed by atoms with Crippen molar-refractivity contribution >= 4 is 11.6 Å². The first-order chi connectivity index (χ1) is 9.28. The number of hydrogen-bond acceptors (Lipinski definition) is 4. The van der Waals surface area contributed by atoms with E-state index in [4.69, 9.17) is 4.74 Å². The van der Waals surface area contributed by atoms with E-state index in [2.05, 4.69) is 43.3 Å². The third-order valence-corrected chi connectivity index (χ3v) is 3.55. The minimum Gasteiger partial charge on any atom is -0.368 e. The number of ether oxygens (including phenoxy) is 1. The standard InChI is InChI=1S/C15H23N3O2/c1-14(2)9-12(15(3,4)20-14)17-10-13(19)18-11-5-7-16-8-6-11/h5-8,12,17H,9-10H2,1-4H3,(H,16,18,19)/t12-/m1/s1. The second kappa shape index (κ2) is 5.50. The number of hydrogen-bond donors (Lipinski definition) is 2. The van der Waals surface area contributed by atoms with Crippen molar-refractivity contribution in [3.05, 3.63) is 24.5 Å². The van der Waals surface area contributed by atoms with Crippen molar-refractivity contribution in [2.75, 3.05) is 11.9 Å². The molecule has 1 fully saturated rings. The Morgan fingerprint density at radius 3 is 2.55 bits per heavy atom. The van der Waals surface area contributed by atoms with Crippen molar-refractivity contribution in [2.45, 2.75) is 51.4 Å². The van der Waals surface area contributed by atoms with E-state index in [0.717, 1.165) is 12.1 Å². The van der Waals surface area contributed by atoms with Crippen LogP contribution in [0.2, 0.25) is 0 Å². The molecular weight excluding hydrogens is 254 g/mol. The molecule has 0 aromatic carbocycles. The molecule has 20 heavy (non-hydrogen) atoms. The summed E-state index contributed by atoms with van der Waals surface area (Å²) in [6, 6.07) is 3.70. The van der Waals surface area contributed by atoms with E-state index in [0.29, 0.717) is 0 Å². The van der Waals surface area contributed by atoms with Gasteiger partial charge in [-0.15, -0.1) is 0 Å². The van der Waals surface area contributed by atoms with Crippen molar-refractivity contribution in [2.24, 2.45) is 0 Å². The van der Waals surface area contributed by atoms with Crippen LogP contribution in [0.4, 0.5) is 5.69 Å². The quantitative estimate of drug-likeness (QED) is 0.883. The van der Waals surface area contributed by atoms with E-state index in [-0.39, 0.29) is 29.7 Å². The molecule has 5 heteroatoms. The van der Waals surface area contributed by atoms with Crippen LogP contribution < -0.4 is 10.6 Å². The van der Waals surface area contributed by atoms with Crippen molar-refractivity contribution < 1.29 is 9.53 Å². The maximum absolute atomic E-state index is 11.9. The lowest BCUT2D eigenvalue weighted by atomic mass is 9.94. The van der Waals surface area contributed by atoms with Gasteiger partial charge in [0.05, 0.1) is 17.7 Å². The number of carbonyl (C=O) groups is 1. The summed E-state index contributed by atoms with van der Waals surface area (Å²) in [6.07, 6.45) is 4.20. The molecule has 1 aromatic rings. The van der Waals surface area contributed by atoms with Gasteiger partial charge in [0.1, 0.15) is 0 Å². The topological polar surface area (TPSA) is 63.2 Å². The highest BCUT2D eigenvalue weighted by Gasteiger charge is 2.45. The van der Waals surface area contributed by atoms with E-state index >= 15 is 0 Å². The summed E-state index contributed by atoms with van der Waals surface area (Å²) in [7, 11) is 0. The van der Waals surface area contributed by atoms with Crippen LogP contribution in [0, 0.1) is 0 Å². The third-order valence-electron chi connectivity index (χ3n) is 3.55. The van der Waals surface area contributed by atoms with Gasteiger partial charge in [-0.3, -0.25) is 9.78 Å². The van der Waals surface area contributed by atoms with Crippen molar-refractivity contribution in [3.8, 4) is 0 Å². The fourth-order valence-electron chi connectivity index (χ4n) is 2.74. The number of nitrogens with one attached hydrogen (secondary N) is 2. The number of amides is 1. The monoisotopic (exact) mass is 277 g/mol. The summed E-state index contributed by atoms with van der Waals surface area (Å²) in [5.41, 5.74) is 0.345. The first-order valence-electron chi connectivity index (χ1n) is 6.92. The van der Waals surface area contributed by atoms with E-state index in [9.17, 15) is 4.79 Å². The molecule has 1 atom stereocenters. The minimum atomic E-state index is -0.263.